The summed E-state index contributed by atoms with van der Waals surface area (Å²) in [5.41, 5.74) is -0.511. The fourth-order valence-electron chi connectivity index (χ4n) is 5.05. The van der Waals surface area contributed by atoms with E-state index in [-0.39, 0.29) is 35.1 Å². The van der Waals surface area contributed by atoms with E-state index in [1.807, 2.05) is 0 Å². The van der Waals surface area contributed by atoms with Crippen LogP contribution in [-0.2, 0) is 21.2 Å². The maximum absolute atomic E-state index is 15.6. The summed E-state index contributed by atoms with van der Waals surface area (Å²) in [7, 11) is -3.62. The molecule has 0 unspecified atom stereocenters. The van der Waals surface area contributed by atoms with Gasteiger partial charge in [0.15, 0.2) is 0 Å². The highest BCUT2D eigenvalue weighted by molar-refractivity contribution is 7.88. The number of nitrogens with zero attached hydrogens (tertiary/aromatic N) is 1. The normalized spacial score (nSPS) is 24.1. The molecule has 3 aliphatic rings. The minimum absolute atomic E-state index is 0.00182. The summed E-state index contributed by atoms with van der Waals surface area (Å²) < 4.78 is 75.7. The standard InChI is InChI=1S/C25H29F3N2O4S/c1-25(2,3)34-24(31)30-19-10-16(11-19)23(29-35(4,32)33)21(30)12-14-6-5-7-20(22(14)28)15-8-17(26)13-18(27)9-15/h5-9,13,16,19,21,23,29H,10-12H2,1-4H3/t16?,19?,21-,23-/m0/s1. The number of rotatable bonds is 5. The maximum atomic E-state index is 15.6. The second-order valence-corrected chi connectivity index (χ2v) is 12.2. The summed E-state index contributed by atoms with van der Waals surface area (Å²) in [6.07, 6.45) is 1.69. The molecule has 35 heavy (non-hydrogen) atoms. The van der Waals surface area contributed by atoms with Crippen LogP contribution in [0.15, 0.2) is 36.4 Å². The summed E-state index contributed by atoms with van der Waals surface area (Å²) in [4.78, 5) is 14.7. The molecule has 10 heteroatoms. The summed E-state index contributed by atoms with van der Waals surface area (Å²) in [6.45, 7) is 5.21. The molecule has 5 rings (SSSR count). The summed E-state index contributed by atoms with van der Waals surface area (Å²) in [6, 6.07) is 5.84. The van der Waals surface area contributed by atoms with Gasteiger partial charge in [0.2, 0.25) is 10.0 Å². The van der Waals surface area contributed by atoms with Gasteiger partial charge in [-0.2, -0.15) is 0 Å². The Kier molecular flexibility index (Phi) is 6.65. The predicted molar refractivity (Wildman–Crippen MR) is 126 cm³/mol. The second-order valence-electron chi connectivity index (χ2n) is 10.4. The molecule has 2 heterocycles. The Morgan fingerprint density at radius 1 is 1.11 bits per heavy atom. The predicted octanol–water partition coefficient (Wildman–Crippen LogP) is 4.63. The van der Waals surface area contributed by atoms with Crippen LogP contribution < -0.4 is 4.72 Å². The molecule has 1 N–H and O–H groups in total. The average molecular weight is 511 g/mol. The minimum Gasteiger partial charge on any atom is -0.444 e. The molecule has 1 saturated carbocycles. The van der Waals surface area contributed by atoms with Gasteiger partial charge in [-0.05, 0) is 69.2 Å². The lowest BCUT2D eigenvalue weighted by Crippen LogP contribution is -2.70. The quantitative estimate of drug-likeness (QED) is 0.637. The number of amides is 1. The van der Waals surface area contributed by atoms with Crippen LogP contribution in [0.25, 0.3) is 11.1 Å². The Bertz CT molecular complexity index is 1220. The highest BCUT2D eigenvalue weighted by atomic mass is 32.2. The number of hydrogen-bond acceptors (Lipinski definition) is 4. The molecule has 3 fully saturated rings. The number of halogens is 3. The van der Waals surface area contributed by atoms with E-state index in [1.165, 1.54) is 17.0 Å². The number of ether oxygens (including phenoxy) is 1. The van der Waals surface area contributed by atoms with Crippen molar-refractivity contribution in [3.63, 3.8) is 0 Å². The molecule has 2 atom stereocenters. The van der Waals surface area contributed by atoms with Crippen molar-refractivity contribution in [1.82, 2.24) is 9.62 Å². The monoisotopic (exact) mass is 510 g/mol. The topological polar surface area (TPSA) is 75.7 Å². The second kappa shape index (κ2) is 9.13. The van der Waals surface area contributed by atoms with Crippen LogP contribution in [-0.4, -0.2) is 49.4 Å². The van der Waals surface area contributed by atoms with Gasteiger partial charge in [0, 0.05) is 23.7 Å². The van der Waals surface area contributed by atoms with E-state index in [1.54, 1.807) is 26.8 Å². The molecular weight excluding hydrogens is 481 g/mol. The lowest BCUT2D eigenvalue weighted by atomic mass is 9.67. The fraction of sp³-hybridized carbons (Fsp3) is 0.480. The molecule has 0 aromatic heterocycles. The number of piperidine rings is 2. The van der Waals surface area contributed by atoms with Gasteiger partial charge in [-0.15, -0.1) is 0 Å². The van der Waals surface area contributed by atoms with E-state index in [4.69, 9.17) is 4.74 Å². The van der Waals surface area contributed by atoms with Crippen molar-refractivity contribution in [3.05, 3.63) is 59.4 Å². The maximum Gasteiger partial charge on any atom is 0.410 e. The summed E-state index contributed by atoms with van der Waals surface area (Å²) in [5, 5.41) is 0. The van der Waals surface area contributed by atoms with Crippen LogP contribution in [0.4, 0.5) is 18.0 Å². The van der Waals surface area contributed by atoms with E-state index in [0.717, 1.165) is 18.4 Å². The number of nitrogens with one attached hydrogen (secondary N) is 1. The Hall–Kier alpha value is -2.59. The van der Waals surface area contributed by atoms with Crippen molar-refractivity contribution in [2.75, 3.05) is 6.26 Å². The van der Waals surface area contributed by atoms with Crippen molar-refractivity contribution < 1.29 is 31.1 Å². The Morgan fingerprint density at radius 2 is 1.74 bits per heavy atom. The summed E-state index contributed by atoms with van der Waals surface area (Å²) >= 11 is 0. The number of carbonyl (C=O) groups is 1. The van der Waals surface area contributed by atoms with E-state index in [9.17, 15) is 22.0 Å². The van der Waals surface area contributed by atoms with Gasteiger partial charge >= 0.3 is 6.09 Å². The smallest absolute Gasteiger partial charge is 0.410 e. The molecule has 1 aliphatic carbocycles. The number of fused-ring (bicyclic) bond motifs is 2. The molecule has 2 aromatic carbocycles. The molecule has 2 aromatic rings. The fourth-order valence-corrected chi connectivity index (χ4v) is 5.89. The molecule has 2 bridgehead atoms. The molecule has 0 spiro atoms. The van der Waals surface area contributed by atoms with Crippen LogP contribution in [0, 0.1) is 23.4 Å². The van der Waals surface area contributed by atoms with E-state index in [0.29, 0.717) is 18.9 Å². The van der Waals surface area contributed by atoms with Crippen molar-refractivity contribution in [2.24, 2.45) is 5.92 Å². The van der Waals surface area contributed by atoms with E-state index < -0.39 is 51.3 Å². The lowest BCUT2D eigenvalue weighted by Gasteiger charge is -2.57. The van der Waals surface area contributed by atoms with Gasteiger partial charge in [0.25, 0.3) is 0 Å². The first-order valence-electron chi connectivity index (χ1n) is 11.4. The molecule has 6 nitrogen and oxygen atoms in total. The zero-order chi connectivity index (χ0) is 25.7. The third kappa shape index (κ3) is 5.64. The highest BCUT2D eigenvalue weighted by Crippen LogP contribution is 2.45. The number of carbonyl (C=O) groups excluding carboxylic acids is 1. The summed E-state index contributed by atoms with van der Waals surface area (Å²) in [5.74, 6) is -2.34. The van der Waals surface area contributed by atoms with Crippen LogP contribution in [0.3, 0.4) is 0 Å². The molecule has 0 radical (unpaired) electrons. The van der Waals surface area contributed by atoms with Crippen molar-refractivity contribution in [1.29, 1.82) is 0 Å². The van der Waals surface area contributed by atoms with Crippen LogP contribution in [0.2, 0.25) is 0 Å². The number of sulfonamides is 1. The SMILES string of the molecule is CC(C)(C)OC(=O)N1C2CC(C2)[C@H](NS(C)(=O)=O)[C@@H]1Cc1cccc(-c2cc(F)cc(F)c2)c1F. The third-order valence-corrected chi connectivity index (χ3v) is 7.16. The molecule has 2 aliphatic heterocycles. The van der Waals surface area contributed by atoms with Crippen LogP contribution >= 0.6 is 0 Å². The molecular formula is C25H29F3N2O4S. The van der Waals surface area contributed by atoms with Crippen molar-refractivity contribution >= 4 is 16.1 Å². The Morgan fingerprint density at radius 3 is 2.31 bits per heavy atom. The molecule has 2 saturated heterocycles. The Labute approximate surface area is 203 Å². The lowest BCUT2D eigenvalue weighted by molar-refractivity contribution is -0.0652. The zero-order valence-electron chi connectivity index (χ0n) is 20.0. The van der Waals surface area contributed by atoms with Crippen LogP contribution in [0.1, 0.15) is 39.2 Å². The van der Waals surface area contributed by atoms with Gasteiger partial charge in [0.05, 0.1) is 12.3 Å². The average Bonchev–Trinajstić information content (AvgIpc) is 2.66. The van der Waals surface area contributed by atoms with Gasteiger partial charge in [-0.3, -0.25) is 0 Å². The highest BCUT2D eigenvalue weighted by Gasteiger charge is 2.54. The minimum atomic E-state index is -3.62. The number of benzene rings is 2. The largest absolute Gasteiger partial charge is 0.444 e. The first-order valence-corrected chi connectivity index (χ1v) is 13.3. The number of hydrogen-bond donors (Lipinski definition) is 1. The van der Waals surface area contributed by atoms with Crippen molar-refractivity contribution in [3.8, 4) is 11.1 Å². The van der Waals surface area contributed by atoms with Crippen molar-refractivity contribution in [2.45, 2.75) is 63.8 Å². The molecule has 1 amide bonds. The van der Waals surface area contributed by atoms with E-state index >= 15 is 4.39 Å². The van der Waals surface area contributed by atoms with Gasteiger partial charge in [-0.25, -0.2) is 31.1 Å². The van der Waals surface area contributed by atoms with Gasteiger partial charge in [-0.1, -0.05) is 18.2 Å². The first kappa shape index (κ1) is 25.5. The van der Waals surface area contributed by atoms with E-state index in [2.05, 4.69) is 4.72 Å². The molecule has 190 valence electrons. The zero-order valence-corrected chi connectivity index (χ0v) is 20.8. The van der Waals surface area contributed by atoms with Gasteiger partial charge < -0.3 is 9.64 Å². The van der Waals surface area contributed by atoms with Gasteiger partial charge in [0.1, 0.15) is 23.1 Å². The Balaban J connectivity index is 1.72. The van der Waals surface area contributed by atoms with Crippen LogP contribution in [0.5, 0.6) is 0 Å². The first-order chi connectivity index (χ1) is 16.2. The third-order valence-electron chi connectivity index (χ3n) is 6.46.